The van der Waals surface area contributed by atoms with Gasteiger partial charge in [0.15, 0.2) is 0 Å². The minimum Gasteiger partial charge on any atom is -0.393 e. The van der Waals surface area contributed by atoms with E-state index in [1.165, 1.54) is 12.1 Å². The molecular weight excluding hydrogens is 289 g/mol. The van der Waals surface area contributed by atoms with Crippen LogP contribution < -0.4 is 11.1 Å². The van der Waals surface area contributed by atoms with Crippen molar-refractivity contribution in [1.82, 2.24) is 5.32 Å². The Hall–Kier alpha value is -1.63. The number of halogens is 3. The van der Waals surface area contributed by atoms with Crippen LogP contribution in [0.4, 0.5) is 13.2 Å². The van der Waals surface area contributed by atoms with Gasteiger partial charge in [-0.25, -0.2) is 0 Å². The van der Waals surface area contributed by atoms with Crippen LogP contribution in [-0.4, -0.2) is 16.9 Å². The Kier molecular flexibility index (Phi) is 5.50. The molecule has 3 nitrogen and oxygen atoms in total. The van der Waals surface area contributed by atoms with Crippen molar-refractivity contribution in [3.05, 3.63) is 35.4 Å². The van der Waals surface area contributed by atoms with Crippen LogP contribution in [0.15, 0.2) is 24.3 Å². The molecule has 0 aliphatic heterocycles. The maximum absolute atomic E-state index is 12.4. The van der Waals surface area contributed by atoms with Gasteiger partial charge in [0.05, 0.1) is 17.0 Å². The Bertz CT molecular complexity index is 485. The Morgan fingerprint density at radius 3 is 2.35 bits per heavy atom. The molecule has 0 radical (unpaired) electrons. The molecule has 3 N–H and O–H groups in total. The van der Waals surface area contributed by atoms with E-state index in [0.29, 0.717) is 17.0 Å². The molecule has 0 saturated heterocycles. The van der Waals surface area contributed by atoms with Crippen molar-refractivity contribution in [3.8, 4) is 0 Å². The molecular formula is C13H15F3N2OS. The Morgan fingerprint density at radius 1 is 1.35 bits per heavy atom. The molecule has 0 fully saturated rings. The molecule has 0 heterocycles. The summed E-state index contributed by atoms with van der Waals surface area (Å²) in [6.07, 6.45) is -3.97. The van der Waals surface area contributed by atoms with Crippen LogP contribution in [0.2, 0.25) is 0 Å². The van der Waals surface area contributed by atoms with Crippen molar-refractivity contribution >= 4 is 23.1 Å². The number of amides is 1. The SMILES string of the molecule is CC(CC(N)=S)NC(=O)Cc1ccc(C(F)(F)F)cc1. The first-order chi connectivity index (χ1) is 9.18. The molecule has 1 aromatic rings. The molecule has 0 spiro atoms. The monoisotopic (exact) mass is 304 g/mol. The van der Waals surface area contributed by atoms with Gasteiger partial charge < -0.3 is 11.1 Å². The Balaban J connectivity index is 2.56. The number of thiocarbonyl (C=S) groups is 1. The summed E-state index contributed by atoms with van der Waals surface area (Å²) < 4.78 is 37.1. The number of hydrogen-bond acceptors (Lipinski definition) is 2. The highest BCUT2D eigenvalue weighted by Gasteiger charge is 2.29. The topological polar surface area (TPSA) is 55.1 Å². The van der Waals surface area contributed by atoms with E-state index in [0.717, 1.165) is 12.1 Å². The number of carbonyl (C=O) groups excluding carboxylic acids is 1. The molecule has 0 bridgehead atoms. The number of nitrogens with two attached hydrogens (primary N) is 1. The van der Waals surface area contributed by atoms with E-state index < -0.39 is 11.7 Å². The molecule has 1 aromatic carbocycles. The molecule has 1 amide bonds. The van der Waals surface area contributed by atoms with Crippen molar-refractivity contribution < 1.29 is 18.0 Å². The van der Waals surface area contributed by atoms with Gasteiger partial charge in [0.25, 0.3) is 0 Å². The van der Waals surface area contributed by atoms with Crippen molar-refractivity contribution in [2.45, 2.75) is 32.0 Å². The zero-order chi connectivity index (χ0) is 15.3. The lowest BCUT2D eigenvalue weighted by atomic mass is 10.1. The number of nitrogens with one attached hydrogen (secondary N) is 1. The van der Waals surface area contributed by atoms with Gasteiger partial charge in [0, 0.05) is 12.5 Å². The van der Waals surface area contributed by atoms with Crippen LogP contribution in [0, 0.1) is 0 Å². The average molecular weight is 304 g/mol. The summed E-state index contributed by atoms with van der Waals surface area (Å²) in [5.41, 5.74) is 5.13. The van der Waals surface area contributed by atoms with Gasteiger partial charge in [0.1, 0.15) is 0 Å². The van der Waals surface area contributed by atoms with E-state index in [1.807, 2.05) is 0 Å². The number of benzene rings is 1. The van der Waals surface area contributed by atoms with E-state index in [2.05, 4.69) is 5.32 Å². The van der Waals surface area contributed by atoms with Crippen LogP contribution >= 0.6 is 12.2 Å². The van der Waals surface area contributed by atoms with Crippen molar-refractivity contribution in [1.29, 1.82) is 0 Å². The van der Waals surface area contributed by atoms with E-state index in [-0.39, 0.29) is 18.4 Å². The summed E-state index contributed by atoms with van der Waals surface area (Å²) in [5.74, 6) is -0.284. The minimum atomic E-state index is -4.37. The Labute approximate surface area is 120 Å². The summed E-state index contributed by atoms with van der Waals surface area (Å²) in [6, 6.07) is 4.30. The third-order valence-corrected chi connectivity index (χ3v) is 2.73. The molecule has 1 rings (SSSR count). The van der Waals surface area contributed by atoms with E-state index >= 15 is 0 Å². The quantitative estimate of drug-likeness (QED) is 0.822. The number of hydrogen-bond donors (Lipinski definition) is 2. The van der Waals surface area contributed by atoms with Crippen molar-refractivity contribution in [3.63, 3.8) is 0 Å². The first-order valence-electron chi connectivity index (χ1n) is 5.92. The number of alkyl halides is 3. The molecule has 20 heavy (non-hydrogen) atoms. The summed E-state index contributed by atoms with van der Waals surface area (Å²) in [6.45, 7) is 1.75. The second-order valence-corrected chi connectivity index (χ2v) is 5.03. The first-order valence-corrected chi connectivity index (χ1v) is 6.33. The van der Waals surface area contributed by atoms with Gasteiger partial charge >= 0.3 is 6.18 Å². The molecule has 110 valence electrons. The molecule has 0 aliphatic carbocycles. The lowest BCUT2D eigenvalue weighted by Crippen LogP contribution is -2.36. The molecule has 1 atom stereocenters. The predicted molar refractivity (Wildman–Crippen MR) is 74.2 cm³/mol. The zero-order valence-electron chi connectivity index (χ0n) is 10.8. The minimum absolute atomic E-state index is 0.0137. The first kappa shape index (κ1) is 16.4. The maximum Gasteiger partial charge on any atom is 0.416 e. The van der Waals surface area contributed by atoms with Gasteiger partial charge in [-0.3, -0.25) is 4.79 Å². The van der Waals surface area contributed by atoms with Crippen LogP contribution in [0.1, 0.15) is 24.5 Å². The lowest BCUT2D eigenvalue weighted by Gasteiger charge is -2.13. The predicted octanol–water partition coefficient (Wildman–Crippen LogP) is 2.43. The second kappa shape index (κ2) is 6.69. The highest BCUT2D eigenvalue weighted by Crippen LogP contribution is 2.29. The smallest absolute Gasteiger partial charge is 0.393 e. The third-order valence-electron chi connectivity index (χ3n) is 2.56. The van der Waals surface area contributed by atoms with Crippen LogP contribution in [-0.2, 0) is 17.4 Å². The van der Waals surface area contributed by atoms with Crippen molar-refractivity contribution in [2.24, 2.45) is 5.73 Å². The highest BCUT2D eigenvalue weighted by atomic mass is 32.1. The molecule has 1 unspecified atom stereocenters. The number of rotatable bonds is 5. The largest absolute Gasteiger partial charge is 0.416 e. The fourth-order valence-electron chi connectivity index (χ4n) is 1.68. The summed E-state index contributed by atoms with van der Waals surface area (Å²) >= 11 is 4.72. The fraction of sp³-hybridized carbons (Fsp3) is 0.385. The maximum atomic E-state index is 12.4. The van der Waals surface area contributed by atoms with Gasteiger partial charge in [-0.1, -0.05) is 24.4 Å². The summed E-state index contributed by atoms with van der Waals surface area (Å²) in [7, 11) is 0. The van der Waals surface area contributed by atoms with Crippen LogP contribution in [0.5, 0.6) is 0 Å². The molecule has 0 saturated carbocycles. The third kappa shape index (κ3) is 5.56. The molecule has 0 aromatic heterocycles. The van der Waals surface area contributed by atoms with E-state index in [1.54, 1.807) is 6.92 Å². The van der Waals surface area contributed by atoms with Crippen LogP contribution in [0.25, 0.3) is 0 Å². The molecule has 0 aliphatic rings. The van der Waals surface area contributed by atoms with Gasteiger partial charge in [-0.15, -0.1) is 0 Å². The fourth-order valence-corrected chi connectivity index (χ4v) is 1.93. The average Bonchev–Trinajstić information content (AvgIpc) is 2.26. The summed E-state index contributed by atoms with van der Waals surface area (Å²) in [4.78, 5) is 12.0. The van der Waals surface area contributed by atoms with Gasteiger partial charge in [-0.05, 0) is 24.6 Å². The van der Waals surface area contributed by atoms with Gasteiger partial charge in [0.2, 0.25) is 5.91 Å². The van der Waals surface area contributed by atoms with Crippen molar-refractivity contribution in [2.75, 3.05) is 0 Å². The Morgan fingerprint density at radius 2 is 1.90 bits per heavy atom. The summed E-state index contributed by atoms with van der Waals surface area (Å²) in [5, 5.41) is 2.68. The standard InChI is InChI=1S/C13H15F3N2OS/c1-8(6-11(17)20)18-12(19)7-9-2-4-10(5-3-9)13(14,15)16/h2-5,8H,6-7H2,1H3,(H2,17,20)(H,18,19). The van der Waals surface area contributed by atoms with E-state index in [9.17, 15) is 18.0 Å². The second-order valence-electron chi connectivity index (χ2n) is 4.51. The molecule has 7 heteroatoms. The van der Waals surface area contributed by atoms with Crippen LogP contribution in [0.3, 0.4) is 0 Å². The number of carbonyl (C=O) groups is 1. The lowest BCUT2D eigenvalue weighted by molar-refractivity contribution is -0.137. The highest BCUT2D eigenvalue weighted by molar-refractivity contribution is 7.80. The van der Waals surface area contributed by atoms with Gasteiger partial charge in [-0.2, -0.15) is 13.2 Å². The zero-order valence-corrected chi connectivity index (χ0v) is 11.6. The van der Waals surface area contributed by atoms with E-state index in [4.69, 9.17) is 18.0 Å². The normalized spacial score (nSPS) is 12.8.